The van der Waals surface area contributed by atoms with E-state index in [0.717, 1.165) is 6.42 Å². The van der Waals surface area contributed by atoms with Gasteiger partial charge in [-0.15, -0.1) is 0 Å². The van der Waals surface area contributed by atoms with Gasteiger partial charge in [0.1, 0.15) is 0 Å². The molecule has 0 spiro atoms. The van der Waals surface area contributed by atoms with E-state index in [4.69, 9.17) is 22.4 Å². The summed E-state index contributed by atoms with van der Waals surface area (Å²) < 4.78 is 26.7. The summed E-state index contributed by atoms with van der Waals surface area (Å²) in [6, 6.07) is 2.91. The fraction of sp³-hybridized carbons (Fsp3) is 0.500. The van der Waals surface area contributed by atoms with Gasteiger partial charge >= 0.3 is 0 Å². The zero-order chi connectivity index (χ0) is 14.5. The lowest BCUT2D eigenvalue weighted by molar-refractivity contribution is 0.283. The lowest BCUT2D eigenvalue weighted by Gasteiger charge is -2.11. The second kappa shape index (κ2) is 7.09. The van der Waals surface area contributed by atoms with Crippen molar-refractivity contribution in [1.29, 1.82) is 0 Å². The normalized spacial score (nSPS) is 11.7. The van der Waals surface area contributed by atoms with Crippen LogP contribution in [-0.4, -0.2) is 26.7 Å². The summed E-state index contributed by atoms with van der Waals surface area (Å²) in [6.45, 7) is 2.13. The Morgan fingerprint density at radius 2 is 2.00 bits per heavy atom. The molecular formula is C12H19ClN2O3S. The monoisotopic (exact) mass is 306 g/mol. The lowest BCUT2D eigenvalue weighted by atomic mass is 10.2. The van der Waals surface area contributed by atoms with Crippen molar-refractivity contribution in [3.63, 3.8) is 0 Å². The first kappa shape index (κ1) is 16.2. The van der Waals surface area contributed by atoms with E-state index in [1.54, 1.807) is 6.92 Å². The summed E-state index contributed by atoms with van der Waals surface area (Å²) in [5.74, 6) is 0. The zero-order valence-corrected chi connectivity index (χ0v) is 12.4. The van der Waals surface area contributed by atoms with Crippen LogP contribution in [0.15, 0.2) is 17.0 Å². The number of unbranched alkanes of at least 4 members (excludes halogenated alkanes) is 2. The minimum Gasteiger partial charge on any atom is -0.397 e. The van der Waals surface area contributed by atoms with Crippen LogP contribution in [0.3, 0.4) is 0 Å². The minimum absolute atomic E-state index is 0.125. The molecule has 1 rings (SSSR count). The van der Waals surface area contributed by atoms with Crippen molar-refractivity contribution < 1.29 is 13.5 Å². The molecule has 0 aromatic heterocycles. The number of aryl methyl sites for hydroxylation is 1. The summed E-state index contributed by atoms with van der Waals surface area (Å²) >= 11 is 5.83. The van der Waals surface area contributed by atoms with Gasteiger partial charge in [-0.05, 0) is 43.9 Å². The number of aliphatic hydroxyl groups excluding tert-OH is 1. The van der Waals surface area contributed by atoms with Gasteiger partial charge in [0.15, 0.2) is 0 Å². The predicted octanol–water partition coefficient (Wildman–Crippen LogP) is 1.67. The van der Waals surface area contributed by atoms with Crippen LogP contribution < -0.4 is 10.5 Å². The van der Waals surface area contributed by atoms with Gasteiger partial charge in [-0.2, -0.15) is 0 Å². The zero-order valence-electron chi connectivity index (χ0n) is 10.8. The first-order chi connectivity index (χ1) is 8.88. The van der Waals surface area contributed by atoms with Crippen molar-refractivity contribution in [3.8, 4) is 0 Å². The largest absolute Gasteiger partial charge is 0.397 e. The van der Waals surface area contributed by atoms with E-state index in [1.165, 1.54) is 12.1 Å². The molecule has 0 saturated heterocycles. The number of benzene rings is 1. The molecule has 0 saturated carbocycles. The molecule has 19 heavy (non-hydrogen) atoms. The highest BCUT2D eigenvalue weighted by molar-refractivity contribution is 7.89. The summed E-state index contributed by atoms with van der Waals surface area (Å²) in [4.78, 5) is 0.150. The number of anilines is 1. The molecule has 5 nitrogen and oxygen atoms in total. The van der Waals surface area contributed by atoms with Gasteiger partial charge in [-0.3, -0.25) is 0 Å². The molecule has 0 heterocycles. The van der Waals surface area contributed by atoms with Gasteiger partial charge in [0.25, 0.3) is 0 Å². The number of nitrogen functional groups attached to an aromatic ring is 1. The summed E-state index contributed by atoms with van der Waals surface area (Å²) in [7, 11) is -3.57. The predicted molar refractivity (Wildman–Crippen MR) is 76.7 cm³/mol. The smallest absolute Gasteiger partial charge is 0.240 e. The number of hydrogen-bond donors (Lipinski definition) is 3. The fourth-order valence-corrected chi connectivity index (χ4v) is 3.21. The van der Waals surface area contributed by atoms with Crippen molar-refractivity contribution in [1.82, 2.24) is 4.72 Å². The molecule has 1 aromatic rings. The van der Waals surface area contributed by atoms with Crippen LogP contribution >= 0.6 is 11.6 Å². The maximum Gasteiger partial charge on any atom is 0.240 e. The van der Waals surface area contributed by atoms with Gasteiger partial charge in [0.05, 0.1) is 15.6 Å². The number of halogens is 1. The highest BCUT2D eigenvalue weighted by Gasteiger charge is 2.17. The van der Waals surface area contributed by atoms with Crippen molar-refractivity contribution in [3.05, 3.63) is 22.7 Å². The summed E-state index contributed by atoms with van der Waals surface area (Å²) in [5.41, 5.74) is 6.43. The molecule has 0 atom stereocenters. The Morgan fingerprint density at radius 3 is 2.63 bits per heavy atom. The van der Waals surface area contributed by atoms with E-state index < -0.39 is 10.0 Å². The molecule has 0 amide bonds. The second-order valence-electron chi connectivity index (χ2n) is 4.32. The van der Waals surface area contributed by atoms with Crippen molar-refractivity contribution in [2.75, 3.05) is 18.9 Å². The first-order valence-electron chi connectivity index (χ1n) is 6.04. The highest BCUT2D eigenvalue weighted by atomic mass is 35.5. The average Bonchev–Trinajstić information content (AvgIpc) is 2.33. The summed E-state index contributed by atoms with van der Waals surface area (Å²) in [5, 5.41) is 8.98. The number of rotatable bonds is 7. The molecule has 0 radical (unpaired) electrons. The number of aliphatic hydroxyl groups is 1. The molecule has 4 N–H and O–H groups in total. The van der Waals surface area contributed by atoms with Crippen LogP contribution in [-0.2, 0) is 10.0 Å². The molecule has 0 unspecified atom stereocenters. The molecular weight excluding hydrogens is 288 g/mol. The highest BCUT2D eigenvalue weighted by Crippen LogP contribution is 2.26. The molecule has 0 fully saturated rings. The molecule has 0 aliphatic carbocycles. The fourth-order valence-electron chi connectivity index (χ4n) is 1.66. The number of nitrogens with one attached hydrogen (secondary N) is 1. The number of sulfonamides is 1. The van der Waals surface area contributed by atoms with Gasteiger partial charge < -0.3 is 10.8 Å². The van der Waals surface area contributed by atoms with Gasteiger partial charge in [-0.25, -0.2) is 13.1 Å². The Morgan fingerprint density at radius 1 is 1.32 bits per heavy atom. The molecule has 7 heteroatoms. The molecule has 1 aromatic carbocycles. The van der Waals surface area contributed by atoms with Crippen LogP contribution in [0.4, 0.5) is 5.69 Å². The van der Waals surface area contributed by atoms with Gasteiger partial charge in [0.2, 0.25) is 10.0 Å². The quantitative estimate of drug-likeness (QED) is 0.528. The van der Waals surface area contributed by atoms with E-state index in [9.17, 15) is 8.42 Å². The molecule has 0 bridgehead atoms. The topological polar surface area (TPSA) is 92.4 Å². The third-order valence-electron chi connectivity index (χ3n) is 2.71. The van der Waals surface area contributed by atoms with Gasteiger partial charge in [-0.1, -0.05) is 11.6 Å². The molecule has 108 valence electrons. The van der Waals surface area contributed by atoms with Crippen molar-refractivity contribution in [2.24, 2.45) is 0 Å². The molecule has 0 aliphatic rings. The van der Waals surface area contributed by atoms with E-state index >= 15 is 0 Å². The number of hydrogen-bond acceptors (Lipinski definition) is 4. The first-order valence-corrected chi connectivity index (χ1v) is 7.90. The SMILES string of the molecule is Cc1cc(Cl)c(N)cc1S(=O)(=O)NCCCCCO. The standard InChI is InChI=1S/C12H19ClN2O3S/c1-9-7-10(13)11(14)8-12(9)19(17,18)15-5-3-2-4-6-16/h7-8,15-16H,2-6,14H2,1H3. The van der Waals surface area contributed by atoms with Crippen LogP contribution in [0.5, 0.6) is 0 Å². The number of nitrogens with two attached hydrogens (primary N) is 1. The van der Waals surface area contributed by atoms with Crippen LogP contribution in [0.1, 0.15) is 24.8 Å². The Bertz CT molecular complexity index is 532. The van der Waals surface area contributed by atoms with E-state index in [-0.39, 0.29) is 17.2 Å². The Kier molecular flexibility index (Phi) is 6.06. The Hall–Kier alpha value is -0.820. The third-order valence-corrected chi connectivity index (χ3v) is 4.64. The maximum atomic E-state index is 12.1. The Labute approximate surface area is 118 Å². The van der Waals surface area contributed by atoms with Crippen LogP contribution in [0.25, 0.3) is 0 Å². The van der Waals surface area contributed by atoms with Crippen LogP contribution in [0, 0.1) is 6.92 Å². The minimum atomic E-state index is -3.57. The van der Waals surface area contributed by atoms with E-state index in [0.29, 0.717) is 30.0 Å². The van der Waals surface area contributed by atoms with E-state index in [1.807, 2.05) is 0 Å². The maximum absolute atomic E-state index is 12.1. The Balaban J connectivity index is 2.75. The van der Waals surface area contributed by atoms with Crippen molar-refractivity contribution >= 4 is 27.3 Å². The van der Waals surface area contributed by atoms with E-state index in [2.05, 4.69) is 4.72 Å². The molecule has 0 aliphatic heterocycles. The lowest BCUT2D eigenvalue weighted by Crippen LogP contribution is -2.25. The second-order valence-corrected chi connectivity index (χ2v) is 6.46. The van der Waals surface area contributed by atoms with Gasteiger partial charge in [0, 0.05) is 13.2 Å². The average molecular weight is 307 g/mol. The van der Waals surface area contributed by atoms with Crippen molar-refractivity contribution in [2.45, 2.75) is 31.1 Å². The third kappa shape index (κ3) is 4.65. The summed E-state index contributed by atoms with van der Waals surface area (Å²) in [6.07, 6.45) is 2.14. The van der Waals surface area contributed by atoms with Crippen LogP contribution in [0.2, 0.25) is 5.02 Å².